The lowest BCUT2D eigenvalue weighted by Gasteiger charge is -2.33. The molecule has 0 spiro atoms. The smallest absolute Gasteiger partial charge is 0.460 e. The maximum absolute atomic E-state index is 14.9. The van der Waals surface area contributed by atoms with E-state index < -0.39 is 37.7 Å². The molecule has 0 bridgehead atoms. The monoisotopic (exact) mass is 618 g/mol. The number of nitrogen functional groups attached to an aromatic ring is 1. The van der Waals surface area contributed by atoms with E-state index in [0.29, 0.717) is 22.1 Å². The standard InChI is InChI=1S/C30H31N6O7P/c1-30(29(38)39,15-19-8-3-2-4-9-19)35-44(40,42-23-13-7-11-20-10-5-6-12-22(20)23)43-24-14-21(16-37)41-28(24)36-18-34-25-26(31)32-17-33-27(25)36/h2-13,17-18,21,24,28,37H,14-16H2,1H3,(H,35,40)(H,38,39)(H2,31,32,33)/t21-,24+,28+,30?,44?/m0/s1. The largest absolute Gasteiger partial charge is 0.480 e. The maximum atomic E-state index is 14.9. The maximum Gasteiger partial charge on any atom is 0.460 e. The molecule has 44 heavy (non-hydrogen) atoms. The summed E-state index contributed by atoms with van der Waals surface area (Å²) in [4.78, 5) is 25.3. The number of anilines is 1. The van der Waals surface area contributed by atoms with E-state index in [1.807, 2.05) is 30.3 Å². The number of rotatable bonds is 11. The van der Waals surface area contributed by atoms with Crippen molar-refractivity contribution in [2.24, 2.45) is 0 Å². The number of fused-ring (bicyclic) bond motifs is 2. The number of carboxylic acids is 1. The fourth-order valence-electron chi connectivity index (χ4n) is 5.35. The molecular formula is C30H31N6O7P. The molecule has 5 N–H and O–H groups in total. The minimum Gasteiger partial charge on any atom is -0.480 e. The predicted octanol–water partition coefficient (Wildman–Crippen LogP) is 4.09. The van der Waals surface area contributed by atoms with Crippen molar-refractivity contribution in [1.82, 2.24) is 24.6 Å². The van der Waals surface area contributed by atoms with Gasteiger partial charge < -0.3 is 25.2 Å². The van der Waals surface area contributed by atoms with E-state index in [9.17, 15) is 19.6 Å². The minimum atomic E-state index is -4.54. The van der Waals surface area contributed by atoms with Crippen LogP contribution in [0.4, 0.5) is 5.82 Å². The third-order valence-corrected chi connectivity index (χ3v) is 9.26. The van der Waals surface area contributed by atoms with Crippen molar-refractivity contribution >= 4 is 41.5 Å². The van der Waals surface area contributed by atoms with Gasteiger partial charge >= 0.3 is 13.7 Å². The summed E-state index contributed by atoms with van der Waals surface area (Å²) in [6, 6.07) is 21.6. The lowest BCUT2D eigenvalue weighted by atomic mass is 9.94. The molecule has 5 atom stereocenters. The van der Waals surface area contributed by atoms with Crippen molar-refractivity contribution < 1.29 is 33.4 Å². The van der Waals surface area contributed by atoms with Crippen LogP contribution in [0.2, 0.25) is 0 Å². The van der Waals surface area contributed by atoms with Crippen LogP contribution in [0.1, 0.15) is 25.1 Å². The van der Waals surface area contributed by atoms with Crippen molar-refractivity contribution in [2.75, 3.05) is 12.3 Å². The first-order valence-electron chi connectivity index (χ1n) is 13.9. The summed E-state index contributed by atoms with van der Waals surface area (Å²) in [7, 11) is -4.54. The van der Waals surface area contributed by atoms with Crippen LogP contribution in [0.3, 0.4) is 0 Å². The normalized spacial score (nSPS) is 21.2. The Bertz CT molecular complexity index is 1850. The zero-order valence-corrected chi connectivity index (χ0v) is 24.6. The number of benzene rings is 3. The van der Waals surface area contributed by atoms with Crippen LogP contribution in [-0.2, 0) is 25.0 Å². The summed E-state index contributed by atoms with van der Waals surface area (Å²) < 4.78 is 35.0. The number of aliphatic hydroxyl groups is 1. The first-order valence-corrected chi connectivity index (χ1v) is 15.4. The molecule has 1 fully saturated rings. The third kappa shape index (κ3) is 5.88. The number of carboxylic acid groups (broad SMARTS) is 1. The first-order chi connectivity index (χ1) is 21.2. The van der Waals surface area contributed by atoms with Crippen molar-refractivity contribution in [3.8, 4) is 5.75 Å². The summed E-state index contributed by atoms with van der Waals surface area (Å²) in [5.41, 5.74) is 5.57. The van der Waals surface area contributed by atoms with E-state index in [-0.39, 0.29) is 31.0 Å². The Morgan fingerprint density at radius 1 is 1.11 bits per heavy atom. The van der Waals surface area contributed by atoms with Gasteiger partial charge in [0, 0.05) is 18.2 Å². The lowest BCUT2D eigenvalue weighted by Crippen LogP contribution is -2.50. The highest BCUT2D eigenvalue weighted by atomic mass is 31.2. The van der Waals surface area contributed by atoms with Crippen LogP contribution in [-0.4, -0.2) is 60.1 Å². The average molecular weight is 619 g/mol. The molecule has 2 aromatic heterocycles. The Morgan fingerprint density at radius 3 is 2.64 bits per heavy atom. The molecule has 0 aliphatic carbocycles. The minimum absolute atomic E-state index is 0.0262. The molecule has 5 aromatic rings. The summed E-state index contributed by atoms with van der Waals surface area (Å²) in [5.74, 6) is -0.867. The second kappa shape index (κ2) is 11.9. The molecule has 0 amide bonds. The number of hydrogen-bond acceptors (Lipinski definition) is 10. The quantitative estimate of drug-likeness (QED) is 0.156. The number of carbonyl (C=O) groups is 1. The van der Waals surface area contributed by atoms with E-state index in [0.717, 1.165) is 5.39 Å². The van der Waals surface area contributed by atoms with Gasteiger partial charge in [-0.1, -0.05) is 66.7 Å². The molecule has 1 saturated heterocycles. The molecule has 14 heteroatoms. The van der Waals surface area contributed by atoms with Gasteiger partial charge in [-0.25, -0.2) is 19.5 Å². The van der Waals surface area contributed by atoms with Gasteiger partial charge in [0.1, 0.15) is 29.2 Å². The van der Waals surface area contributed by atoms with E-state index in [1.54, 1.807) is 47.0 Å². The van der Waals surface area contributed by atoms with Crippen LogP contribution >= 0.6 is 7.75 Å². The van der Waals surface area contributed by atoms with Gasteiger partial charge in [0.25, 0.3) is 0 Å². The highest BCUT2D eigenvalue weighted by Gasteiger charge is 2.48. The fraction of sp³-hybridized carbons (Fsp3) is 0.267. The van der Waals surface area contributed by atoms with Crippen molar-refractivity contribution in [3.05, 3.63) is 91.0 Å². The third-order valence-electron chi connectivity index (χ3n) is 7.51. The molecule has 0 radical (unpaired) electrons. The second-order valence-electron chi connectivity index (χ2n) is 10.8. The number of aliphatic carboxylic acids is 1. The van der Waals surface area contributed by atoms with Crippen molar-refractivity contribution in [3.63, 3.8) is 0 Å². The zero-order valence-electron chi connectivity index (χ0n) is 23.7. The van der Waals surface area contributed by atoms with E-state index >= 15 is 0 Å². The molecule has 1 aliphatic rings. The van der Waals surface area contributed by atoms with Gasteiger partial charge in [0.15, 0.2) is 17.7 Å². The van der Waals surface area contributed by atoms with Gasteiger partial charge in [-0.2, -0.15) is 5.09 Å². The van der Waals surface area contributed by atoms with Gasteiger partial charge in [0.05, 0.1) is 19.0 Å². The number of nitrogens with one attached hydrogen (secondary N) is 1. The molecule has 6 rings (SSSR count). The van der Waals surface area contributed by atoms with Gasteiger partial charge in [0.2, 0.25) is 0 Å². The molecule has 3 aromatic carbocycles. The molecule has 2 unspecified atom stereocenters. The number of nitrogens with zero attached hydrogens (tertiary/aromatic N) is 4. The van der Waals surface area contributed by atoms with E-state index in [2.05, 4.69) is 20.0 Å². The van der Waals surface area contributed by atoms with Crippen LogP contribution < -0.4 is 15.3 Å². The molecule has 228 valence electrons. The van der Waals surface area contributed by atoms with E-state index in [4.69, 9.17) is 19.5 Å². The van der Waals surface area contributed by atoms with Gasteiger partial charge in [-0.05, 0) is 23.9 Å². The number of aromatic nitrogens is 4. The molecule has 13 nitrogen and oxygen atoms in total. The average Bonchev–Trinajstić information content (AvgIpc) is 3.62. The molecular weight excluding hydrogens is 587 g/mol. The molecule has 1 aliphatic heterocycles. The Hall–Kier alpha value is -4.39. The lowest BCUT2D eigenvalue weighted by molar-refractivity contribution is -0.143. The summed E-state index contributed by atoms with van der Waals surface area (Å²) in [6.45, 7) is 1.08. The van der Waals surface area contributed by atoms with Crippen LogP contribution in [0.25, 0.3) is 21.9 Å². The second-order valence-corrected chi connectivity index (χ2v) is 12.4. The van der Waals surface area contributed by atoms with Crippen molar-refractivity contribution in [1.29, 1.82) is 0 Å². The summed E-state index contributed by atoms with van der Waals surface area (Å²) in [6.07, 6.45) is 0.143. The summed E-state index contributed by atoms with van der Waals surface area (Å²) in [5, 5.41) is 24.6. The highest BCUT2D eigenvalue weighted by molar-refractivity contribution is 7.52. The van der Waals surface area contributed by atoms with Crippen LogP contribution in [0.15, 0.2) is 85.5 Å². The van der Waals surface area contributed by atoms with E-state index in [1.165, 1.54) is 19.6 Å². The number of hydrogen-bond donors (Lipinski definition) is 4. The van der Waals surface area contributed by atoms with Gasteiger partial charge in [-0.3, -0.25) is 13.9 Å². The Kier molecular flexibility index (Phi) is 8.06. The first kappa shape index (κ1) is 29.7. The zero-order chi connectivity index (χ0) is 30.9. The van der Waals surface area contributed by atoms with Crippen LogP contribution in [0.5, 0.6) is 5.75 Å². The Labute approximate surface area is 252 Å². The Morgan fingerprint density at radius 2 is 1.86 bits per heavy atom. The molecule has 0 saturated carbocycles. The number of ether oxygens (including phenoxy) is 1. The fourth-order valence-corrected chi connectivity index (χ4v) is 7.24. The topological polar surface area (TPSA) is 184 Å². The van der Waals surface area contributed by atoms with Crippen LogP contribution in [0, 0.1) is 0 Å². The molecule has 3 heterocycles. The highest BCUT2D eigenvalue weighted by Crippen LogP contribution is 2.52. The Balaban J connectivity index is 1.41. The SMILES string of the molecule is CC(Cc1ccccc1)(NP(=O)(Oc1cccc2ccccc12)O[C@@H]1C[C@@H](CO)O[C@H]1n1cnc2c(N)ncnc21)C(=O)O. The van der Waals surface area contributed by atoms with Crippen molar-refractivity contribution in [2.45, 2.75) is 43.7 Å². The predicted molar refractivity (Wildman–Crippen MR) is 162 cm³/mol. The number of aliphatic hydroxyl groups excluding tert-OH is 1. The summed E-state index contributed by atoms with van der Waals surface area (Å²) >= 11 is 0. The number of nitrogens with two attached hydrogens (primary N) is 1. The van der Waals surface area contributed by atoms with Gasteiger partial charge in [-0.15, -0.1) is 0 Å². The number of imidazole rings is 1.